The van der Waals surface area contributed by atoms with E-state index in [1.54, 1.807) is 4.90 Å². The maximum Gasteiger partial charge on any atom is 0.323 e. The van der Waals surface area contributed by atoms with Crippen LogP contribution in [0, 0.1) is 11.8 Å². The molecule has 28 heavy (non-hydrogen) atoms. The van der Waals surface area contributed by atoms with E-state index in [0.29, 0.717) is 42.9 Å². The van der Waals surface area contributed by atoms with Crippen molar-refractivity contribution in [2.75, 3.05) is 18.4 Å². The molecule has 7 nitrogen and oxygen atoms in total. The topological polar surface area (TPSA) is 87.2 Å². The molecule has 1 aromatic rings. The number of anilines is 1. The van der Waals surface area contributed by atoms with E-state index in [0.717, 1.165) is 5.01 Å². The molecule has 1 aliphatic carbocycles. The van der Waals surface area contributed by atoms with Gasteiger partial charge in [0.15, 0.2) is 0 Å². The Morgan fingerprint density at radius 2 is 1.71 bits per heavy atom. The zero-order chi connectivity index (χ0) is 20.1. The van der Waals surface area contributed by atoms with Crippen molar-refractivity contribution >= 4 is 28.4 Å². The second-order valence-corrected chi connectivity index (χ2v) is 9.52. The van der Waals surface area contributed by atoms with Crippen LogP contribution in [0.25, 0.3) is 0 Å². The number of aromatic nitrogens is 2. The first-order chi connectivity index (χ1) is 13.4. The van der Waals surface area contributed by atoms with Crippen LogP contribution in [0.4, 0.5) is 9.93 Å². The second-order valence-electron chi connectivity index (χ2n) is 8.51. The van der Waals surface area contributed by atoms with Gasteiger partial charge >= 0.3 is 6.03 Å². The minimum absolute atomic E-state index is 0.00955. The van der Waals surface area contributed by atoms with Gasteiger partial charge in [-0.1, -0.05) is 44.4 Å². The monoisotopic (exact) mass is 407 g/mol. The molecule has 1 unspecified atom stereocenters. The summed E-state index contributed by atoms with van der Waals surface area (Å²) < 4.78 is 0. The smallest absolute Gasteiger partial charge is 0.323 e. The summed E-state index contributed by atoms with van der Waals surface area (Å²) in [5.41, 5.74) is 0. The van der Waals surface area contributed by atoms with E-state index in [4.69, 9.17) is 0 Å². The number of nitrogens with one attached hydrogen (secondary N) is 2. The van der Waals surface area contributed by atoms with Crippen LogP contribution in [0.2, 0.25) is 0 Å². The highest BCUT2D eigenvalue weighted by atomic mass is 32.1. The van der Waals surface area contributed by atoms with Crippen molar-refractivity contribution in [2.45, 2.75) is 77.7 Å². The van der Waals surface area contributed by atoms with Crippen LogP contribution in [0.3, 0.4) is 0 Å². The molecule has 0 aromatic carbocycles. The van der Waals surface area contributed by atoms with E-state index >= 15 is 0 Å². The van der Waals surface area contributed by atoms with Crippen LogP contribution >= 0.6 is 11.3 Å². The summed E-state index contributed by atoms with van der Waals surface area (Å²) in [6.07, 6.45) is 7.57. The summed E-state index contributed by atoms with van der Waals surface area (Å²) >= 11 is 1.50. The molecule has 3 amide bonds. The Hall–Kier alpha value is -1.70. The Balaban J connectivity index is 1.45. The first kappa shape index (κ1) is 21.0. The highest BCUT2D eigenvalue weighted by Gasteiger charge is 2.29. The van der Waals surface area contributed by atoms with Gasteiger partial charge < -0.3 is 10.2 Å². The Morgan fingerprint density at radius 1 is 1.04 bits per heavy atom. The average Bonchev–Trinajstić information content (AvgIpc) is 3.17. The lowest BCUT2D eigenvalue weighted by Gasteiger charge is -2.32. The van der Waals surface area contributed by atoms with Gasteiger partial charge in [0.05, 0.1) is 0 Å². The maximum absolute atomic E-state index is 12.5. The summed E-state index contributed by atoms with van der Waals surface area (Å²) in [7, 11) is 0. The van der Waals surface area contributed by atoms with Gasteiger partial charge in [-0.05, 0) is 38.5 Å². The number of rotatable bonds is 5. The normalized spacial score (nSPS) is 20.2. The fraction of sp³-hybridized carbons (Fsp3) is 0.800. The SMILES string of the molecule is CC(C)C(C)NC(=O)C1CCN(C(=O)Nc2nnc(C3CCCCC3)s2)CC1. The molecule has 1 atom stereocenters. The third-order valence-electron chi connectivity index (χ3n) is 6.13. The van der Waals surface area contributed by atoms with E-state index < -0.39 is 0 Å². The first-order valence-electron chi connectivity index (χ1n) is 10.6. The molecule has 2 aliphatic rings. The lowest BCUT2D eigenvalue weighted by Crippen LogP contribution is -2.46. The molecule has 1 aromatic heterocycles. The van der Waals surface area contributed by atoms with E-state index in [2.05, 4.69) is 34.7 Å². The zero-order valence-electron chi connectivity index (χ0n) is 17.2. The van der Waals surface area contributed by atoms with Gasteiger partial charge in [0.25, 0.3) is 0 Å². The Bertz CT molecular complexity index is 663. The molecule has 1 saturated heterocycles. The lowest BCUT2D eigenvalue weighted by molar-refractivity contribution is -0.127. The number of hydrogen-bond acceptors (Lipinski definition) is 5. The van der Waals surface area contributed by atoms with E-state index in [-0.39, 0.29) is 23.9 Å². The summed E-state index contributed by atoms with van der Waals surface area (Å²) in [5.74, 6) is 1.02. The highest BCUT2D eigenvalue weighted by molar-refractivity contribution is 7.15. The van der Waals surface area contributed by atoms with E-state index in [1.807, 2.05) is 6.92 Å². The molecule has 1 aliphatic heterocycles. The van der Waals surface area contributed by atoms with Crippen LogP contribution in [0.15, 0.2) is 0 Å². The van der Waals surface area contributed by atoms with Crippen molar-refractivity contribution in [3.05, 3.63) is 5.01 Å². The third-order valence-corrected chi connectivity index (χ3v) is 7.13. The standard InChI is InChI=1S/C20H33N5O2S/c1-13(2)14(3)21-17(26)15-9-11-25(12-10-15)20(27)22-19-24-23-18(28-19)16-7-5-4-6-8-16/h13-16H,4-12H2,1-3H3,(H,21,26)(H,22,24,27). The van der Waals surface area contributed by atoms with Crippen molar-refractivity contribution in [1.82, 2.24) is 20.4 Å². The van der Waals surface area contributed by atoms with Gasteiger partial charge in [0, 0.05) is 31.0 Å². The number of hydrogen-bond donors (Lipinski definition) is 2. The molecule has 2 N–H and O–H groups in total. The van der Waals surface area contributed by atoms with Crippen LogP contribution in [0.5, 0.6) is 0 Å². The molecule has 0 spiro atoms. The van der Waals surface area contributed by atoms with Gasteiger partial charge in [-0.15, -0.1) is 10.2 Å². The predicted molar refractivity (Wildman–Crippen MR) is 111 cm³/mol. The Kier molecular flexibility index (Phi) is 7.26. The van der Waals surface area contributed by atoms with Crippen molar-refractivity contribution in [1.29, 1.82) is 0 Å². The fourth-order valence-electron chi connectivity index (χ4n) is 3.82. The number of likely N-dealkylation sites (tertiary alicyclic amines) is 1. The number of urea groups is 1. The van der Waals surface area contributed by atoms with Crippen LogP contribution in [-0.4, -0.2) is 46.2 Å². The van der Waals surface area contributed by atoms with Crippen LogP contribution < -0.4 is 10.6 Å². The third kappa shape index (κ3) is 5.43. The second kappa shape index (κ2) is 9.67. The summed E-state index contributed by atoms with van der Waals surface area (Å²) in [5, 5.41) is 16.1. The largest absolute Gasteiger partial charge is 0.353 e. The molecule has 0 bridgehead atoms. The van der Waals surface area contributed by atoms with E-state index in [1.165, 1.54) is 43.4 Å². The first-order valence-corrected chi connectivity index (χ1v) is 11.5. The maximum atomic E-state index is 12.5. The van der Waals surface area contributed by atoms with Gasteiger partial charge in [-0.2, -0.15) is 0 Å². The minimum Gasteiger partial charge on any atom is -0.353 e. The predicted octanol–water partition coefficient (Wildman–Crippen LogP) is 3.99. The van der Waals surface area contributed by atoms with Gasteiger partial charge in [-0.3, -0.25) is 10.1 Å². The quantitative estimate of drug-likeness (QED) is 0.772. The van der Waals surface area contributed by atoms with Gasteiger partial charge in [0.2, 0.25) is 11.0 Å². The van der Waals surface area contributed by atoms with Crippen LogP contribution in [-0.2, 0) is 4.79 Å². The fourth-order valence-corrected chi connectivity index (χ4v) is 4.73. The highest BCUT2D eigenvalue weighted by Crippen LogP contribution is 2.35. The zero-order valence-corrected chi connectivity index (χ0v) is 18.1. The molecule has 3 rings (SSSR count). The number of carbonyl (C=O) groups is 2. The molecule has 2 heterocycles. The van der Waals surface area contributed by atoms with Gasteiger partial charge in [-0.25, -0.2) is 4.79 Å². The van der Waals surface area contributed by atoms with Crippen molar-refractivity contribution in [3.63, 3.8) is 0 Å². The lowest BCUT2D eigenvalue weighted by atomic mass is 9.90. The molecule has 156 valence electrons. The minimum atomic E-state index is -0.138. The molecule has 1 saturated carbocycles. The van der Waals surface area contributed by atoms with Crippen molar-refractivity contribution in [2.24, 2.45) is 11.8 Å². The molecular weight excluding hydrogens is 374 g/mol. The summed E-state index contributed by atoms with van der Waals surface area (Å²) in [6, 6.07) is 0.0327. The molecule has 8 heteroatoms. The molecule has 2 fully saturated rings. The number of carbonyl (C=O) groups excluding carboxylic acids is 2. The Morgan fingerprint density at radius 3 is 2.36 bits per heavy atom. The molecule has 0 radical (unpaired) electrons. The van der Waals surface area contributed by atoms with E-state index in [9.17, 15) is 9.59 Å². The number of piperidine rings is 1. The Labute approximate surface area is 171 Å². The van der Waals surface area contributed by atoms with Crippen molar-refractivity contribution < 1.29 is 9.59 Å². The average molecular weight is 408 g/mol. The summed E-state index contributed by atoms with van der Waals surface area (Å²) in [6.45, 7) is 7.42. The summed E-state index contributed by atoms with van der Waals surface area (Å²) in [4.78, 5) is 26.7. The van der Waals surface area contributed by atoms with Crippen LogP contribution in [0.1, 0.15) is 76.6 Å². The number of nitrogens with zero attached hydrogens (tertiary/aromatic N) is 3. The molecular formula is C20H33N5O2S. The van der Waals surface area contributed by atoms with Crippen molar-refractivity contribution in [3.8, 4) is 0 Å². The number of amides is 3. The van der Waals surface area contributed by atoms with Gasteiger partial charge in [0.1, 0.15) is 5.01 Å².